The van der Waals surface area contributed by atoms with E-state index < -0.39 is 11.0 Å². The van der Waals surface area contributed by atoms with E-state index in [1.165, 1.54) is 12.3 Å². The largest absolute Gasteiger partial charge is 0.383 e. The first-order chi connectivity index (χ1) is 3.66. The molecular weight excluding hydrogens is 124 g/mol. The Hall–Kier alpha value is -0.640. The van der Waals surface area contributed by atoms with Gasteiger partial charge in [-0.1, -0.05) is 6.58 Å². The molecular formula is C4H8N2OS. The minimum atomic E-state index is -1.20. The van der Waals surface area contributed by atoms with Crippen LogP contribution in [0.1, 0.15) is 0 Å². The normalized spacial score (nSPS) is 15.4. The van der Waals surface area contributed by atoms with Crippen LogP contribution in [0.15, 0.2) is 17.1 Å². The van der Waals surface area contributed by atoms with Crippen LogP contribution in [0, 0.1) is 0 Å². The summed E-state index contributed by atoms with van der Waals surface area (Å²) in [4.78, 5) is 0. The quantitative estimate of drug-likeness (QED) is 0.418. The molecule has 3 nitrogen and oxygen atoms in total. The summed E-state index contributed by atoms with van der Waals surface area (Å²) >= 11 is 0. The molecule has 0 bridgehead atoms. The number of amidine groups is 1. The fraction of sp³-hybridized carbons (Fsp3) is 0.250. The Morgan fingerprint density at radius 2 is 2.50 bits per heavy atom. The van der Waals surface area contributed by atoms with E-state index in [2.05, 4.69) is 11.0 Å². The highest BCUT2D eigenvalue weighted by atomic mass is 32.2. The molecule has 0 spiro atoms. The lowest BCUT2D eigenvalue weighted by Crippen LogP contribution is -2.07. The van der Waals surface area contributed by atoms with Gasteiger partial charge in [0.15, 0.2) is 0 Å². The van der Waals surface area contributed by atoms with Gasteiger partial charge in [-0.25, -0.2) is 4.21 Å². The lowest BCUT2D eigenvalue weighted by Gasteiger charge is -1.84. The first kappa shape index (κ1) is 7.36. The zero-order valence-corrected chi connectivity index (χ0v) is 5.44. The summed E-state index contributed by atoms with van der Waals surface area (Å²) in [6, 6.07) is 0. The summed E-state index contributed by atoms with van der Waals surface area (Å²) in [5.41, 5.74) is 5.11. The predicted molar refractivity (Wildman–Crippen MR) is 35.9 cm³/mol. The highest BCUT2D eigenvalue weighted by Gasteiger charge is 1.82. The third-order valence-electron chi connectivity index (χ3n) is 0.443. The lowest BCUT2D eigenvalue weighted by molar-refractivity contribution is 0.688. The van der Waals surface area contributed by atoms with Gasteiger partial charge in [0.1, 0.15) is 16.8 Å². The lowest BCUT2D eigenvalue weighted by atomic mass is 10.6. The average molecular weight is 132 g/mol. The molecule has 0 aromatic heterocycles. The standard InChI is InChI=1S/C4H8N2OS/c1-3-4(5)6-8(2)7/h3H,1H2,2H3,(H2,5,6). The molecule has 0 aliphatic carbocycles. The van der Waals surface area contributed by atoms with E-state index in [0.717, 1.165) is 0 Å². The van der Waals surface area contributed by atoms with E-state index in [0.29, 0.717) is 0 Å². The molecule has 0 aliphatic heterocycles. The Labute approximate surface area is 50.9 Å². The smallest absolute Gasteiger partial charge is 0.138 e. The Morgan fingerprint density at radius 3 is 2.62 bits per heavy atom. The molecule has 1 unspecified atom stereocenters. The van der Waals surface area contributed by atoms with Gasteiger partial charge in [0.05, 0.1) is 0 Å². The molecule has 0 radical (unpaired) electrons. The molecule has 2 N–H and O–H groups in total. The second-order valence-electron chi connectivity index (χ2n) is 1.14. The number of nitrogens with two attached hydrogens (primary N) is 1. The second kappa shape index (κ2) is 3.37. The fourth-order valence-corrected chi connectivity index (χ4v) is 0.557. The molecule has 4 heteroatoms. The van der Waals surface area contributed by atoms with Crippen molar-refractivity contribution < 1.29 is 4.21 Å². The molecule has 0 rings (SSSR count). The first-order valence-corrected chi connectivity index (χ1v) is 3.48. The number of rotatable bonds is 2. The maximum Gasteiger partial charge on any atom is 0.138 e. The van der Waals surface area contributed by atoms with Crippen molar-refractivity contribution in [3.05, 3.63) is 12.7 Å². The summed E-state index contributed by atoms with van der Waals surface area (Å²) in [5.74, 6) is 0.214. The third kappa shape index (κ3) is 3.55. The van der Waals surface area contributed by atoms with Crippen molar-refractivity contribution in [2.75, 3.05) is 6.26 Å². The van der Waals surface area contributed by atoms with Gasteiger partial charge in [-0.3, -0.25) is 0 Å². The van der Waals surface area contributed by atoms with Gasteiger partial charge in [0.25, 0.3) is 0 Å². The van der Waals surface area contributed by atoms with Crippen molar-refractivity contribution >= 4 is 16.8 Å². The van der Waals surface area contributed by atoms with E-state index in [-0.39, 0.29) is 5.84 Å². The highest BCUT2D eigenvalue weighted by Crippen LogP contribution is 1.75. The first-order valence-electron chi connectivity index (χ1n) is 1.97. The number of nitrogens with zero attached hydrogens (tertiary/aromatic N) is 1. The molecule has 0 saturated heterocycles. The zero-order valence-electron chi connectivity index (χ0n) is 4.63. The van der Waals surface area contributed by atoms with Gasteiger partial charge < -0.3 is 5.73 Å². The minimum absolute atomic E-state index is 0.214. The maximum absolute atomic E-state index is 10.2. The van der Waals surface area contributed by atoms with Crippen LogP contribution in [0.3, 0.4) is 0 Å². The summed E-state index contributed by atoms with van der Waals surface area (Å²) < 4.78 is 13.7. The van der Waals surface area contributed by atoms with Crippen LogP contribution in [0.4, 0.5) is 0 Å². The van der Waals surface area contributed by atoms with Crippen LogP contribution < -0.4 is 5.73 Å². The molecule has 0 aromatic rings. The van der Waals surface area contributed by atoms with Crippen molar-refractivity contribution in [1.29, 1.82) is 0 Å². The minimum Gasteiger partial charge on any atom is -0.383 e. The Balaban J connectivity index is 3.94. The van der Waals surface area contributed by atoms with Gasteiger partial charge in [0, 0.05) is 6.26 Å². The van der Waals surface area contributed by atoms with Crippen molar-refractivity contribution in [2.24, 2.45) is 10.1 Å². The SMILES string of the molecule is C=C/C(N)=N/S(C)=O. The van der Waals surface area contributed by atoms with Crippen LogP contribution in [-0.2, 0) is 11.0 Å². The van der Waals surface area contributed by atoms with Gasteiger partial charge in [-0.2, -0.15) is 4.40 Å². The van der Waals surface area contributed by atoms with Crippen molar-refractivity contribution in [1.82, 2.24) is 0 Å². The third-order valence-corrected chi connectivity index (χ3v) is 0.911. The Kier molecular flexibility index (Phi) is 3.10. The van der Waals surface area contributed by atoms with E-state index in [1.807, 2.05) is 0 Å². The Morgan fingerprint density at radius 1 is 2.00 bits per heavy atom. The molecule has 1 atom stereocenters. The van der Waals surface area contributed by atoms with Crippen LogP contribution in [0.25, 0.3) is 0 Å². The van der Waals surface area contributed by atoms with E-state index in [4.69, 9.17) is 5.73 Å². The molecule has 46 valence electrons. The van der Waals surface area contributed by atoms with Gasteiger partial charge in [-0.05, 0) is 6.08 Å². The predicted octanol–water partition coefficient (Wildman–Crippen LogP) is -0.177. The summed E-state index contributed by atoms with van der Waals surface area (Å²) in [6.45, 7) is 3.32. The number of hydrogen-bond donors (Lipinski definition) is 1. The van der Waals surface area contributed by atoms with Crippen LogP contribution in [-0.4, -0.2) is 16.3 Å². The van der Waals surface area contributed by atoms with Crippen molar-refractivity contribution in [2.45, 2.75) is 0 Å². The van der Waals surface area contributed by atoms with Gasteiger partial charge in [0.2, 0.25) is 0 Å². The monoisotopic (exact) mass is 132 g/mol. The van der Waals surface area contributed by atoms with Crippen LogP contribution in [0.2, 0.25) is 0 Å². The van der Waals surface area contributed by atoms with Crippen molar-refractivity contribution in [3.63, 3.8) is 0 Å². The Bertz CT molecular complexity index is 141. The zero-order chi connectivity index (χ0) is 6.57. The maximum atomic E-state index is 10.2. The molecule has 0 aliphatic rings. The van der Waals surface area contributed by atoms with E-state index >= 15 is 0 Å². The molecule has 0 amide bonds. The van der Waals surface area contributed by atoms with Crippen LogP contribution in [0.5, 0.6) is 0 Å². The second-order valence-corrected chi connectivity index (χ2v) is 2.17. The molecule has 0 fully saturated rings. The highest BCUT2D eigenvalue weighted by molar-refractivity contribution is 7.83. The van der Waals surface area contributed by atoms with Gasteiger partial charge >= 0.3 is 0 Å². The van der Waals surface area contributed by atoms with Crippen LogP contribution >= 0.6 is 0 Å². The number of hydrogen-bond acceptors (Lipinski definition) is 1. The van der Waals surface area contributed by atoms with Gasteiger partial charge in [-0.15, -0.1) is 0 Å². The summed E-state index contributed by atoms with van der Waals surface area (Å²) in [5, 5.41) is 0. The fourth-order valence-electron chi connectivity index (χ4n) is 0.186. The van der Waals surface area contributed by atoms with Crippen molar-refractivity contribution in [3.8, 4) is 0 Å². The average Bonchev–Trinajstić information content (AvgIpc) is 1.65. The summed E-state index contributed by atoms with van der Waals surface area (Å²) in [7, 11) is -1.20. The topological polar surface area (TPSA) is 55.4 Å². The van der Waals surface area contributed by atoms with E-state index in [9.17, 15) is 4.21 Å². The van der Waals surface area contributed by atoms with E-state index in [1.54, 1.807) is 0 Å². The molecule has 8 heavy (non-hydrogen) atoms. The summed E-state index contributed by atoms with van der Waals surface area (Å²) in [6.07, 6.45) is 2.79. The molecule has 0 saturated carbocycles. The molecule has 0 heterocycles. The molecule has 0 aromatic carbocycles.